The van der Waals surface area contributed by atoms with Gasteiger partial charge in [0.05, 0.1) is 18.3 Å². The van der Waals surface area contributed by atoms with Gasteiger partial charge in [-0.2, -0.15) is 0 Å². The number of benzene rings is 1. The fraction of sp³-hybridized carbons (Fsp3) is 0.350. The minimum Gasteiger partial charge on any atom is -0.330 e. The van der Waals surface area contributed by atoms with Crippen LogP contribution in [-0.2, 0) is 4.79 Å². The lowest BCUT2D eigenvalue weighted by Gasteiger charge is -2.29. The number of hydrogen-bond donors (Lipinski definition) is 2. The van der Waals surface area contributed by atoms with Gasteiger partial charge in [-0.05, 0) is 56.5 Å². The number of urea groups is 1. The van der Waals surface area contributed by atoms with E-state index in [1.54, 1.807) is 6.20 Å². The van der Waals surface area contributed by atoms with Crippen LogP contribution in [0.4, 0.5) is 10.5 Å². The summed E-state index contributed by atoms with van der Waals surface area (Å²) in [5.41, 5.74) is 2.62. The zero-order valence-electron chi connectivity index (χ0n) is 15.1. The van der Waals surface area contributed by atoms with Crippen molar-refractivity contribution in [2.24, 2.45) is 0 Å². The molecule has 6 nitrogen and oxygen atoms in total. The lowest BCUT2D eigenvalue weighted by Crippen LogP contribution is -2.43. The van der Waals surface area contributed by atoms with E-state index in [1.165, 1.54) is 0 Å². The van der Waals surface area contributed by atoms with Gasteiger partial charge in [-0.3, -0.25) is 9.78 Å². The van der Waals surface area contributed by atoms with E-state index in [9.17, 15) is 9.59 Å². The molecule has 0 saturated heterocycles. The molecule has 2 aromatic rings. The minimum atomic E-state index is -0.384. The van der Waals surface area contributed by atoms with Gasteiger partial charge in [-0.25, -0.2) is 4.79 Å². The fourth-order valence-corrected chi connectivity index (χ4v) is 3.00. The number of nitrogens with one attached hydrogen (secondary N) is 2. The molecule has 1 aliphatic carbocycles. The lowest BCUT2D eigenvalue weighted by molar-refractivity contribution is -0.133. The number of aryl methyl sites for hydroxylation is 1. The first-order valence-electron chi connectivity index (χ1n) is 8.88. The Kier molecular flexibility index (Phi) is 5.51. The first kappa shape index (κ1) is 17.9. The number of aromatic nitrogens is 1. The van der Waals surface area contributed by atoms with Crippen LogP contribution in [0.5, 0.6) is 0 Å². The van der Waals surface area contributed by atoms with Crippen molar-refractivity contribution in [1.82, 2.24) is 15.2 Å². The molecule has 3 amide bonds. The molecule has 0 radical (unpaired) electrons. The summed E-state index contributed by atoms with van der Waals surface area (Å²) < 4.78 is 0. The fourth-order valence-electron chi connectivity index (χ4n) is 3.00. The predicted octanol–water partition coefficient (Wildman–Crippen LogP) is 3.26. The van der Waals surface area contributed by atoms with Gasteiger partial charge in [0.1, 0.15) is 0 Å². The predicted molar refractivity (Wildman–Crippen MR) is 101 cm³/mol. The maximum absolute atomic E-state index is 12.7. The Hall–Kier alpha value is -2.89. The molecule has 0 bridgehead atoms. The van der Waals surface area contributed by atoms with Crippen molar-refractivity contribution in [1.29, 1.82) is 0 Å². The van der Waals surface area contributed by atoms with Crippen molar-refractivity contribution in [3.8, 4) is 0 Å². The zero-order valence-corrected chi connectivity index (χ0v) is 15.1. The van der Waals surface area contributed by atoms with Crippen LogP contribution in [0.1, 0.15) is 37.1 Å². The molecule has 0 aliphatic heterocycles. The molecule has 1 aliphatic rings. The molecule has 1 saturated carbocycles. The standard InChI is InChI=1S/C20H24N4O2/c1-14-6-5-7-16(12-14)23-20(26)22-13-19(25)24(17-9-10-17)15(2)18-8-3-4-11-21-18/h3-8,11-12,15,17H,9-10,13H2,1-2H3,(H2,22,23,26). The number of rotatable bonds is 6. The summed E-state index contributed by atoms with van der Waals surface area (Å²) in [6, 6.07) is 13.0. The van der Waals surface area contributed by atoms with Crippen LogP contribution in [0.15, 0.2) is 48.7 Å². The molecule has 1 atom stereocenters. The number of nitrogens with zero attached hydrogens (tertiary/aromatic N) is 2. The molecule has 0 spiro atoms. The lowest BCUT2D eigenvalue weighted by atomic mass is 10.1. The molecule has 1 unspecified atom stereocenters. The molecule has 2 N–H and O–H groups in total. The van der Waals surface area contributed by atoms with Gasteiger partial charge in [-0.1, -0.05) is 18.2 Å². The second-order valence-electron chi connectivity index (χ2n) is 6.64. The molecule has 1 heterocycles. The van der Waals surface area contributed by atoms with Crippen molar-refractivity contribution in [3.05, 3.63) is 59.9 Å². The second-order valence-corrected chi connectivity index (χ2v) is 6.64. The summed E-state index contributed by atoms with van der Waals surface area (Å²) in [6.45, 7) is 3.90. The van der Waals surface area contributed by atoms with Gasteiger partial charge in [0.15, 0.2) is 0 Å². The second kappa shape index (κ2) is 7.99. The van der Waals surface area contributed by atoms with E-state index >= 15 is 0 Å². The van der Waals surface area contributed by atoms with E-state index in [0.717, 1.165) is 24.1 Å². The average molecular weight is 352 g/mol. The normalized spacial score (nSPS) is 14.4. The van der Waals surface area contributed by atoms with E-state index in [0.29, 0.717) is 5.69 Å². The summed E-state index contributed by atoms with van der Waals surface area (Å²) in [4.78, 5) is 31.0. The van der Waals surface area contributed by atoms with Gasteiger partial charge in [-0.15, -0.1) is 0 Å². The number of amides is 3. The quantitative estimate of drug-likeness (QED) is 0.838. The Morgan fingerprint density at radius 2 is 2.04 bits per heavy atom. The molecule has 136 valence electrons. The maximum Gasteiger partial charge on any atom is 0.319 e. The van der Waals surface area contributed by atoms with Crippen LogP contribution in [-0.4, -0.2) is 34.4 Å². The van der Waals surface area contributed by atoms with E-state index in [4.69, 9.17) is 0 Å². The van der Waals surface area contributed by atoms with Crippen LogP contribution >= 0.6 is 0 Å². The number of carbonyl (C=O) groups excluding carboxylic acids is 2. The largest absolute Gasteiger partial charge is 0.330 e. The van der Waals surface area contributed by atoms with Crippen molar-refractivity contribution < 1.29 is 9.59 Å². The first-order valence-corrected chi connectivity index (χ1v) is 8.88. The molecule has 1 aromatic carbocycles. The third-order valence-electron chi connectivity index (χ3n) is 4.44. The Balaban J connectivity index is 1.57. The van der Waals surface area contributed by atoms with Gasteiger partial charge < -0.3 is 15.5 Å². The van der Waals surface area contributed by atoms with Crippen LogP contribution in [0.3, 0.4) is 0 Å². The molecule has 1 aromatic heterocycles. The molecule has 6 heteroatoms. The molecule has 26 heavy (non-hydrogen) atoms. The molecular weight excluding hydrogens is 328 g/mol. The van der Waals surface area contributed by atoms with Crippen molar-refractivity contribution in [3.63, 3.8) is 0 Å². The minimum absolute atomic E-state index is 0.0364. The first-order chi connectivity index (χ1) is 12.5. The van der Waals surface area contributed by atoms with E-state index < -0.39 is 0 Å². The van der Waals surface area contributed by atoms with Crippen molar-refractivity contribution >= 4 is 17.6 Å². The van der Waals surface area contributed by atoms with E-state index in [-0.39, 0.29) is 30.6 Å². The Labute approximate surface area is 153 Å². The van der Waals surface area contributed by atoms with Crippen LogP contribution in [0.2, 0.25) is 0 Å². The van der Waals surface area contributed by atoms with Gasteiger partial charge >= 0.3 is 6.03 Å². The summed E-state index contributed by atoms with van der Waals surface area (Å²) >= 11 is 0. The number of hydrogen-bond acceptors (Lipinski definition) is 3. The topological polar surface area (TPSA) is 74.3 Å². The molecule has 1 fully saturated rings. The van der Waals surface area contributed by atoms with Gasteiger partial charge in [0.25, 0.3) is 0 Å². The third kappa shape index (κ3) is 4.59. The summed E-state index contributed by atoms with van der Waals surface area (Å²) in [7, 11) is 0. The van der Waals surface area contributed by atoms with E-state index in [1.807, 2.05) is 61.2 Å². The highest BCUT2D eigenvalue weighted by molar-refractivity contribution is 5.92. The monoisotopic (exact) mass is 352 g/mol. The number of pyridine rings is 1. The van der Waals surface area contributed by atoms with Crippen LogP contribution < -0.4 is 10.6 Å². The van der Waals surface area contributed by atoms with E-state index in [2.05, 4.69) is 15.6 Å². The smallest absolute Gasteiger partial charge is 0.319 e. The Morgan fingerprint density at radius 1 is 1.23 bits per heavy atom. The molecule has 3 rings (SSSR count). The third-order valence-corrected chi connectivity index (χ3v) is 4.44. The summed E-state index contributed by atoms with van der Waals surface area (Å²) in [5, 5.41) is 5.41. The van der Waals surface area contributed by atoms with Crippen LogP contribution in [0.25, 0.3) is 0 Å². The average Bonchev–Trinajstić information content (AvgIpc) is 3.46. The molecular formula is C20H24N4O2. The van der Waals surface area contributed by atoms with Crippen LogP contribution in [0, 0.1) is 6.92 Å². The summed E-state index contributed by atoms with van der Waals surface area (Å²) in [5.74, 6) is -0.0926. The number of carbonyl (C=O) groups is 2. The zero-order chi connectivity index (χ0) is 18.5. The highest BCUT2D eigenvalue weighted by Gasteiger charge is 2.36. The highest BCUT2D eigenvalue weighted by Crippen LogP contribution is 2.33. The SMILES string of the molecule is Cc1cccc(NC(=O)NCC(=O)N(C2CC2)C(C)c2ccccn2)c1. The Morgan fingerprint density at radius 3 is 2.69 bits per heavy atom. The van der Waals surface area contributed by atoms with Gasteiger partial charge in [0, 0.05) is 17.9 Å². The highest BCUT2D eigenvalue weighted by atomic mass is 16.2. The number of anilines is 1. The van der Waals surface area contributed by atoms with Crippen molar-refractivity contribution in [2.75, 3.05) is 11.9 Å². The van der Waals surface area contributed by atoms with Crippen molar-refractivity contribution in [2.45, 2.75) is 38.8 Å². The Bertz CT molecular complexity index is 774. The summed E-state index contributed by atoms with van der Waals surface area (Å²) in [6.07, 6.45) is 3.73. The van der Waals surface area contributed by atoms with Gasteiger partial charge in [0.2, 0.25) is 5.91 Å². The maximum atomic E-state index is 12.7.